The largest absolute Gasteiger partial charge is 0.381 e. The summed E-state index contributed by atoms with van der Waals surface area (Å²) in [6.07, 6.45) is 7.15. The SMILES string of the molecule is CC1CCCCN1C(=O)c1ccc(NCc2ccnc3[nH]ccc23)cc1. The van der Waals surface area contributed by atoms with Gasteiger partial charge in [0.1, 0.15) is 5.65 Å². The summed E-state index contributed by atoms with van der Waals surface area (Å²) in [6.45, 7) is 3.73. The number of carbonyl (C=O) groups excluding carboxylic acids is 1. The number of hydrogen-bond acceptors (Lipinski definition) is 3. The van der Waals surface area contributed by atoms with Gasteiger partial charge in [-0.15, -0.1) is 0 Å². The van der Waals surface area contributed by atoms with Gasteiger partial charge in [-0.25, -0.2) is 4.98 Å². The molecule has 0 saturated carbocycles. The van der Waals surface area contributed by atoms with Gasteiger partial charge in [0.2, 0.25) is 0 Å². The fraction of sp³-hybridized carbons (Fsp3) is 0.333. The van der Waals surface area contributed by atoms with Crippen molar-refractivity contribution in [3.05, 3.63) is 59.9 Å². The second kappa shape index (κ2) is 7.20. The lowest BCUT2D eigenvalue weighted by molar-refractivity contribution is 0.0635. The third kappa shape index (κ3) is 3.29. The molecular formula is C21H24N4O. The van der Waals surface area contributed by atoms with Crippen molar-refractivity contribution in [2.75, 3.05) is 11.9 Å². The third-order valence-electron chi connectivity index (χ3n) is 5.23. The minimum Gasteiger partial charge on any atom is -0.381 e. The molecule has 0 bridgehead atoms. The molecule has 0 radical (unpaired) electrons. The number of rotatable bonds is 4. The van der Waals surface area contributed by atoms with Gasteiger partial charge in [-0.2, -0.15) is 0 Å². The molecule has 1 amide bonds. The molecule has 1 aliphatic rings. The van der Waals surface area contributed by atoms with Crippen molar-refractivity contribution in [1.29, 1.82) is 0 Å². The highest BCUT2D eigenvalue weighted by Gasteiger charge is 2.23. The van der Waals surface area contributed by atoms with Gasteiger partial charge in [0.25, 0.3) is 5.91 Å². The maximum Gasteiger partial charge on any atom is 0.254 e. The van der Waals surface area contributed by atoms with Gasteiger partial charge in [0, 0.05) is 48.2 Å². The quantitative estimate of drug-likeness (QED) is 0.743. The fourth-order valence-electron chi connectivity index (χ4n) is 3.67. The summed E-state index contributed by atoms with van der Waals surface area (Å²) in [4.78, 5) is 22.2. The first-order chi connectivity index (χ1) is 12.7. The van der Waals surface area contributed by atoms with Crippen LogP contribution in [-0.4, -0.2) is 33.4 Å². The maximum atomic E-state index is 12.7. The molecule has 2 aromatic heterocycles. The molecule has 1 aliphatic heterocycles. The molecular weight excluding hydrogens is 324 g/mol. The zero-order chi connectivity index (χ0) is 17.9. The van der Waals surface area contributed by atoms with Crippen LogP contribution in [0.15, 0.2) is 48.8 Å². The Bertz CT molecular complexity index is 900. The average Bonchev–Trinajstić information content (AvgIpc) is 3.16. The molecule has 26 heavy (non-hydrogen) atoms. The molecule has 1 saturated heterocycles. The van der Waals surface area contributed by atoms with E-state index in [1.807, 2.05) is 53.7 Å². The highest BCUT2D eigenvalue weighted by Crippen LogP contribution is 2.21. The molecule has 4 rings (SSSR count). The Morgan fingerprint density at radius 3 is 2.88 bits per heavy atom. The smallest absolute Gasteiger partial charge is 0.254 e. The van der Waals surface area contributed by atoms with Crippen LogP contribution in [0.3, 0.4) is 0 Å². The Balaban J connectivity index is 1.43. The topological polar surface area (TPSA) is 61.0 Å². The Kier molecular flexibility index (Phi) is 4.61. The van der Waals surface area contributed by atoms with E-state index in [1.165, 1.54) is 12.0 Å². The fourth-order valence-corrected chi connectivity index (χ4v) is 3.67. The van der Waals surface area contributed by atoms with Gasteiger partial charge in [0.15, 0.2) is 0 Å². The molecule has 5 heteroatoms. The molecule has 3 aromatic rings. The number of aromatic nitrogens is 2. The molecule has 1 unspecified atom stereocenters. The number of benzene rings is 1. The van der Waals surface area contributed by atoms with Crippen molar-refractivity contribution in [1.82, 2.24) is 14.9 Å². The van der Waals surface area contributed by atoms with E-state index in [0.29, 0.717) is 12.6 Å². The van der Waals surface area contributed by atoms with Crippen LogP contribution in [0, 0.1) is 0 Å². The first-order valence-corrected chi connectivity index (χ1v) is 9.28. The van der Waals surface area contributed by atoms with Crippen LogP contribution in [0.5, 0.6) is 0 Å². The van der Waals surface area contributed by atoms with Gasteiger partial charge >= 0.3 is 0 Å². The summed E-state index contributed by atoms with van der Waals surface area (Å²) >= 11 is 0. The summed E-state index contributed by atoms with van der Waals surface area (Å²) in [6, 6.07) is 12.2. The van der Waals surface area contributed by atoms with Crippen LogP contribution < -0.4 is 5.32 Å². The van der Waals surface area contributed by atoms with Gasteiger partial charge in [0.05, 0.1) is 0 Å². The van der Waals surface area contributed by atoms with E-state index in [4.69, 9.17) is 0 Å². The summed E-state index contributed by atoms with van der Waals surface area (Å²) in [5.41, 5.74) is 3.87. The molecule has 0 spiro atoms. The maximum absolute atomic E-state index is 12.7. The van der Waals surface area contributed by atoms with E-state index in [0.717, 1.165) is 41.7 Å². The van der Waals surface area contributed by atoms with Crippen molar-refractivity contribution in [3.8, 4) is 0 Å². The van der Waals surface area contributed by atoms with Crippen LogP contribution in [-0.2, 0) is 6.54 Å². The lowest BCUT2D eigenvalue weighted by atomic mass is 10.0. The zero-order valence-electron chi connectivity index (χ0n) is 15.0. The average molecular weight is 348 g/mol. The summed E-state index contributed by atoms with van der Waals surface area (Å²) in [7, 11) is 0. The van der Waals surface area contributed by atoms with E-state index in [1.54, 1.807) is 0 Å². The molecule has 3 heterocycles. The van der Waals surface area contributed by atoms with Crippen molar-refractivity contribution in [2.45, 2.75) is 38.8 Å². The standard InChI is InChI=1S/C21H24N4O/c1-15-4-2-3-13-25(15)21(26)16-5-7-18(8-6-16)24-14-17-9-11-22-20-19(17)10-12-23-20/h5-12,15,24H,2-4,13-14H2,1H3,(H,22,23). The first-order valence-electron chi connectivity index (χ1n) is 9.28. The minimum absolute atomic E-state index is 0.145. The summed E-state index contributed by atoms with van der Waals surface area (Å²) in [5, 5.41) is 4.56. The Hall–Kier alpha value is -2.82. The first kappa shape index (κ1) is 16.6. The van der Waals surface area contributed by atoms with Crippen LogP contribution in [0.2, 0.25) is 0 Å². The normalized spacial score (nSPS) is 17.4. The number of hydrogen-bond donors (Lipinski definition) is 2. The number of carbonyl (C=O) groups is 1. The van der Waals surface area contributed by atoms with Crippen molar-refractivity contribution in [3.63, 3.8) is 0 Å². The highest BCUT2D eigenvalue weighted by atomic mass is 16.2. The number of aromatic amines is 1. The van der Waals surface area contributed by atoms with E-state index in [-0.39, 0.29) is 5.91 Å². The van der Waals surface area contributed by atoms with E-state index in [2.05, 4.69) is 22.2 Å². The second-order valence-electron chi connectivity index (χ2n) is 6.98. The second-order valence-corrected chi connectivity index (χ2v) is 6.98. The number of amides is 1. The van der Waals surface area contributed by atoms with Gasteiger partial charge in [-0.1, -0.05) is 0 Å². The number of nitrogens with one attached hydrogen (secondary N) is 2. The number of fused-ring (bicyclic) bond motifs is 1. The van der Waals surface area contributed by atoms with Crippen LogP contribution in [0.1, 0.15) is 42.1 Å². The molecule has 134 valence electrons. The summed E-state index contributed by atoms with van der Waals surface area (Å²) in [5.74, 6) is 0.145. The lowest BCUT2D eigenvalue weighted by Gasteiger charge is -2.33. The number of piperidine rings is 1. The number of pyridine rings is 1. The van der Waals surface area contributed by atoms with E-state index < -0.39 is 0 Å². The Morgan fingerprint density at radius 1 is 1.23 bits per heavy atom. The molecule has 2 N–H and O–H groups in total. The number of nitrogens with zero attached hydrogens (tertiary/aromatic N) is 2. The predicted octanol–water partition coefficient (Wildman–Crippen LogP) is 4.19. The molecule has 0 aliphatic carbocycles. The Morgan fingerprint density at radius 2 is 2.08 bits per heavy atom. The molecule has 1 atom stereocenters. The highest BCUT2D eigenvalue weighted by molar-refractivity contribution is 5.94. The Labute approximate surface area is 153 Å². The van der Waals surface area contributed by atoms with Crippen molar-refractivity contribution >= 4 is 22.6 Å². The van der Waals surface area contributed by atoms with Crippen LogP contribution in [0.4, 0.5) is 5.69 Å². The van der Waals surface area contributed by atoms with Crippen LogP contribution in [0.25, 0.3) is 11.0 Å². The lowest BCUT2D eigenvalue weighted by Crippen LogP contribution is -2.41. The zero-order valence-corrected chi connectivity index (χ0v) is 15.0. The van der Waals surface area contributed by atoms with Gasteiger partial charge in [-0.3, -0.25) is 4.79 Å². The number of H-pyrrole nitrogens is 1. The molecule has 1 fully saturated rings. The molecule has 1 aromatic carbocycles. The number of anilines is 1. The third-order valence-corrected chi connectivity index (χ3v) is 5.23. The summed E-state index contributed by atoms with van der Waals surface area (Å²) < 4.78 is 0. The van der Waals surface area contributed by atoms with E-state index in [9.17, 15) is 4.79 Å². The van der Waals surface area contributed by atoms with Crippen molar-refractivity contribution < 1.29 is 4.79 Å². The predicted molar refractivity (Wildman–Crippen MR) is 104 cm³/mol. The molecule has 5 nitrogen and oxygen atoms in total. The van der Waals surface area contributed by atoms with Gasteiger partial charge < -0.3 is 15.2 Å². The van der Waals surface area contributed by atoms with Gasteiger partial charge in [-0.05, 0) is 68.1 Å². The van der Waals surface area contributed by atoms with Crippen molar-refractivity contribution in [2.24, 2.45) is 0 Å². The van der Waals surface area contributed by atoms with Crippen LogP contribution >= 0.6 is 0 Å². The number of likely N-dealkylation sites (tertiary alicyclic amines) is 1. The minimum atomic E-state index is 0.145. The monoisotopic (exact) mass is 348 g/mol. The van der Waals surface area contributed by atoms with E-state index >= 15 is 0 Å².